The van der Waals surface area contributed by atoms with E-state index in [-0.39, 0.29) is 0 Å². The fourth-order valence-electron chi connectivity index (χ4n) is 9.99. The molecule has 0 bridgehead atoms. The Labute approximate surface area is 363 Å². The van der Waals surface area contributed by atoms with Crippen LogP contribution in [-0.2, 0) is 0 Å². The van der Waals surface area contributed by atoms with Crippen LogP contribution in [0.3, 0.4) is 0 Å². The Morgan fingerprint density at radius 2 is 1.03 bits per heavy atom. The molecule has 0 fully saturated rings. The number of aromatic nitrogens is 4. The van der Waals surface area contributed by atoms with E-state index in [0.29, 0.717) is 17.5 Å². The fourth-order valence-corrected chi connectivity index (χ4v) is 11.2. The summed E-state index contributed by atoms with van der Waals surface area (Å²) >= 11 is 1.77. The number of rotatable bonds is 4. The van der Waals surface area contributed by atoms with Crippen LogP contribution in [0.1, 0.15) is 0 Å². The first kappa shape index (κ1) is 34.5. The molecule has 0 unspecified atom stereocenters. The van der Waals surface area contributed by atoms with Gasteiger partial charge in [-0.2, -0.15) is 0 Å². The summed E-state index contributed by atoms with van der Waals surface area (Å²) in [6.45, 7) is 0. The number of fused-ring (bicyclic) bond motifs is 14. The molecule has 10 aromatic carbocycles. The molecule has 292 valence electrons. The average Bonchev–Trinajstić information content (AvgIpc) is 4.02. The second-order valence-electron chi connectivity index (χ2n) is 16.3. The first-order chi connectivity index (χ1) is 31.2. The molecule has 0 aliphatic carbocycles. The highest BCUT2D eigenvalue weighted by molar-refractivity contribution is 7.26. The fraction of sp³-hybridized carbons (Fsp3) is 0. The predicted octanol–water partition coefficient (Wildman–Crippen LogP) is 15.7. The van der Waals surface area contributed by atoms with Crippen LogP contribution >= 0.6 is 11.3 Å². The van der Waals surface area contributed by atoms with Crippen molar-refractivity contribution in [3.05, 3.63) is 194 Å². The third-order valence-electron chi connectivity index (χ3n) is 12.8. The SMILES string of the molecule is c1ccc(-c2nc(-c3cccc4c3oc3cc(-n5c6cc7ccccc7cc6c6c7ccccc7ccc65)c5ccccc5c34)nc(-c3cccc4c3sc3ccccc34)n2)cc1. The van der Waals surface area contributed by atoms with E-state index in [2.05, 4.69) is 180 Å². The molecule has 0 saturated heterocycles. The van der Waals surface area contributed by atoms with E-state index < -0.39 is 0 Å². The molecule has 0 saturated carbocycles. The van der Waals surface area contributed by atoms with Gasteiger partial charge in [-0.05, 0) is 63.3 Å². The van der Waals surface area contributed by atoms with E-state index in [4.69, 9.17) is 19.4 Å². The number of hydrogen-bond donors (Lipinski definition) is 0. The third-order valence-corrected chi connectivity index (χ3v) is 14.0. The molecule has 14 aromatic rings. The molecular formula is C57H32N4OS. The zero-order valence-electron chi connectivity index (χ0n) is 33.6. The van der Waals surface area contributed by atoms with Gasteiger partial charge in [0.05, 0.1) is 22.3 Å². The van der Waals surface area contributed by atoms with Gasteiger partial charge in [0, 0.05) is 64.3 Å². The molecule has 0 N–H and O–H groups in total. The Hall–Kier alpha value is -8.19. The lowest BCUT2D eigenvalue weighted by molar-refractivity contribution is 0.669. The minimum Gasteiger partial charge on any atom is -0.455 e. The maximum atomic E-state index is 7.14. The molecular weight excluding hydrogens is 789 g/mol. The minimum atomic E-state index is 0.562. The van der Waals surface area contributed by atoms with Gasteiger partial charge in [0.2, 0.25) is 0 Å². The van der Waals surface area contributed by atoms with Gasteiger partial charge in [-0.15, -0.1) is 11.3 Å². The molecule has 0 radical (unpaired) electrons. The van der Waals surface area contributed by atoms with Crippen molar-refractivity contribution in [2.24, 2.45) is 0 Å². The summed E-state index contributed by atoms with van der Waals surface area (Å²) in [6.07, 6.45) is 0. The second kappa shape index (κ2) is 13.2. The second-order valence-corrected chi connectivity index (χ2v) is 17.3. The molecule has 0 spiro atoms. The highest BCUT2D eigenvalue weighted by Gasteiger charge is 2.23. The highest BCUT2D eigenvalue weighted by Crippen LogP contribution is 2.45. The van der Waals surface area contributed by atoms with Crippen molar-refractivity contribution in [3.8, 4) is 39.9 Å². The van der Waals surface area contributed by atoms with Crippen LogP contribution in [0.4, 0.5) is 0 Å². The van der Waals surface area contributed by atoms with Crippen molar-refractivity contribution >= 4 is 108 Å². The maximum Gasteiger partial charge on any atom is 0.167 e. The smallest absolute Gasteiger partial charge is 0.167 e. The summed E-state index contributed by atoms with van der Waals surface area (Å²) in [4.78, 5) is 15.7. The standard InChI is InChI=1S/C57H32N4OS/c1-2-15-34(16-3-1)55-58-56(60-57(59-55)44-26-12-23-41-39-21-10-11-27-50(39)63-54(41)44)43-25-13-24-42-52-40-22-9-8-20-38(40)48(32-49(52)62-53(42)43)61-46-29-28-33-14-6-7-19-37(33)51(46)45-30-35-17-4-5-18-36(35)31-47(45)61/h1-32H. The van der Waals surface area contributed by atoms with Gasteiger partial charge in [-0.3, -0.25) is 0 Å². The summed E-state index contributed by atoms with van der Waals surface area (Å²) in [6, 6.07) is 69.0. The lowest BCUT2D eigenvalue weighted by Gasteiger charge is -2.13. The predicted molar refractivity (Wildman–Crippen MR) is 263 cm³/mol. The number of nitrogens with zero attached hydrogens (tertiary/aromatic N) is 4. The first-order valence-electron chi connectivity index (χ1n) is 21.2. The number of thiophene rings is 1. The normalized spacial score (nSPS) is 12.1. The lowest BCUT2D eigenvalue weighted by atomic mass is 10.0. The van der Waals surface area contributed by atoms with E-state index >= 15 is 0 Å². The van der Waals surface area contributed by atoms with Crippen LogP contribution < -0.4 is 0 Å². The Bertz CT molecular complexity index is 4220. The molecule has 0 aliphatic heterocycles. The molecule has 14 rings (SSSR count). The molecule has 6 heteroatoms. The molecule has 0 aliphatic rings. The molecule has 5 nitrogen and oxygen atoms in total. The van der Waals surface area contributed by atoms with Gasteiger partial charge in [-0.25, -0.2) is 15.0 Å². The van der Waals surface area contributed by atoms with E-state index in [9.17, 15) is 0 Å². The van der Waals surface area contributed by atoms with Crippen LogP contribution in [0, 0.1) is 0 Å². The molecule has 0 atom stereocenters. The zero-order valence-corrected chi connectivity index (χ0v) is 34.4. The average molecular weight is 821 g/mol. The quantitative estimate of drug-likeness (QED) is 0.177. The number of furan rings is 1. The Morgan fingerprint density at radius 3 is 1.87 bits per heavy atom. The van der Waals surface area contributed by atoms with Crippen molar-refractivity contribution < 1.29 is 4.42 Å². The summed E-state index contributed by atoms with van der Waals surface area (Å²) in [5.74, 6) is 1.80. The van der Waals surface area contributed by atoms with Gasteiger partial charge >= 0.3 is 0 Å². The van der Waals surface area contributed by atoms with Crippen LogP contribution in [-0.4, -0.2) is 19.5 Å². The minimum absolute atomic E-state index is 0.562. The Kier molecular flexibility index (Phi) is 7.21. The van der Waals surface area contributed by atoms with Crippen LogP contribution in [0.15, 0.2) is 199 Å². The van der Waals surface area contributed by atoms with E-state index in [0.717, 1.165) is 70.8 Å². The van der Waals surface area contributed by atoms with E-state index in [1.54, 1.807) is 11.3 Å². The Morgan fingerprint density at radius 1 is 0.397 bits per heavy atom. The largest absolute Gasteiger partial charge is 0.455 e. The van der Waals surface area contributed by atoms with Gasteiger partial charge in [0.15, 0.2) is 17.5 Å². The molecule has 4 heterocycles. The number of para-hydroxylation sites is 1. The van der Waals surface area contributed by atoms with Crippen molar-refractivity contribution in [3.63, 3.8) is 0 Å². The van der Waals surface area contributed by atoms with Crippen molar-refractivity contribution in [1.82, 2.24) is 19.5 Å². The third kappa shape index (κ3) is 5.07. The topological polar surface area (TPSA) is 56.7 Å². The van der Waals surface area contributed by atoms with Crippen molar-refractivity contribution in [1.29, 1.82) is 0 Å². The Balaban J connectivity index is 1.04. The monoisotopic (exact) mass is 820 g/mol. The van der Waals surface area contributed by atoms with Gasteiger partial charge in [0.1, 0.15) is 11.2 Å². The molecule has 4 aromatic heterocycles. The van der Waals surface area contributed by atoms with Crippen molar-refractivity contribution in [2.75, 3.05) is 0 Å². The zero-order chi connectivity index (χ0) is 41.2. The van der Waals surface area contributed by atoms with Crippen LogP contribution in [0.2, 0.25) is 0 Å². The van der Waals surface area contributed by atoms with Crippen LogP contribution in [0.5, 0.6) is 0 Å². The summed E-state index contributed by atoms with van der Waals surface area (Å²) in [7, 11) is 0. The number of benzene rings is 10. The summed E-state index contributed by atoms with van der Waals surface area (Å²) < 4.78 is 12.0. The van der Waals surface area contributed by atoms with E-state index in [1.165, 1.54) is 47.8 Å². The molecule has 63 heavy (non-hydrogen) atoms. The molecule has 0 amide bonds. The highest BCUT2D eigenvalue weighted by atomic mass is 32.1. The van der Waals surface area contributed by atoms with Gasteiger partial charge < -0.3 is 8.98 Å². The van der Waals surface area contributed by atoms with Crippen LogP contribution in [0.25, 0.3) is 136 Å². The lowest BCUT2D eigenvalue weighted by Crippen LogP contribution is -2.00. The van der Waals surface area contributed by atoms with Crippen molar-refractivity contribution in [2.45, 2.75) is 0 Å². The van der Waals surface area contributed by atoms with Gasteiger partial charge in [0.25, 0.3) is 0 Å². The summed E-state index contributed by atoms with van der Waals surface area (Å²) in [5, 5.41) is 14.1. The maximum absolute atomic E-state index is 7.14. The first-order valence-corrected chi connectivity index (χ1v) is 22.0. The van der Waals surface area contributed by atoms with Gasteiger partial charge in [-0.1, -0.05) is 152 Å². The number of hydrogen-bond acceptors (Lipinski definition) is 5. The summed E-state index contributed by atoms with van der Waals surface area (Å²) in [5.41, 5.74) is 7.63. The van der Waals surface area contributed by atoms with E-state index in [1.807, 2.05) is 18.2 Å².